The zero-order chi connectivity index (χ0) is 45.9. The third kappa shape index (κ3) is 10.7. The molecule has 20 nitrogen and oxygen atoms in total. The Hall–Kier alpha value is -3.83. The summed E-state index contributed by atoms with van der Waals surface area (Å²) < 4.78 is 84.8. The van der Waals surface area contributed by atoms with E-state index in [1.54, 1.807) is 6.92 Å². The number of carbonyl (C=O) groups is 2. The number of azide groups is 1. The lowest BCUT2D eigenvalue weighted by Crippen LogP contribution is -2.68. The van der Waals surface area contributed by atoms with Gasteiger partial charge in [-0.3, -0.25) is 9.59 Å². The Labute approximate surface area is 373 Å². The molecule has 2 aromatic carbocycles. The first-order valence-electron chi connectivity index (χ1n) is 21.2. The van der Waals surface area contributed by atoms with Crippen LogP contribution in [-0.2, 0) is 75.9 Å². The van der Waals surface area contributed by atoms with Crippen LogP contribution in [0.15, 0.2) is 53.6 Å². The molecular weight excluding hydrogens is 840 g/mol. The summed E-state index contributed by atoms with van der Waals surface area (Å²) in [6.45, 7) is 1.96. The Kier molecular flexibility index (Phi) is 18.3. The highest BCUT2D eigenvalue weighted by molar-refractivity contribution is 5.82. The van der Waals surface area contributed by atoms with E-state index in [1.165, 1.54) is 56.9 Å². The van der Waals surface area contributed by atoms with Gasteiger partial charge in [-0.25, -0.2) is 0 Å². The topological polar surface area (TPSA) is 224 Å². The average molecular weight is 903 g/mol. The molecule has 3 saturated heterocycles. The van der Waals surface area contributed by atoms with Crippen molar-refractivity contribution in [3.63, 3.8) is 0 Å². The summed E-state index contributed by atoms with van der Waals surface area (Å²) in [5.74, 6) is -1.07. The van der Waals surface area contributed by atoms with Crippen LogP contribution in [-0.4, -0.2) is 181 Å². The molecule has 0 radical (unpaired) electrons. The van der Waals surface area contributed by atoms with Gasteiger partial charge in [0.1, 0.15) is 61.5 Å². The minimum atomic E-state index is -1.12. The predicted molar refractivity (Wildman–Crippen MR) is 225 cm³/mol. The Bertz CT molecular complexity index is 1830. The van der Waals surface area contributed by atoms with Gasteiger partial charge in [0.25, 0.3) is 0 Å². The van der Waals surface area contributed by atoms with Gasteiger partial charge < -0.3 is 71.6 Å². The van der Waals surface area contributed by atoms with Crippen LogP contribution in [0, 0.1) is 0 Å². The molecule has 3 fully saturated rings. The second kappa shape index (κ2) is 23.6. The lowest BCUT2D eigenvalue weighted by Gasteiger charge is -2.51. The summed E-state index contributed by atoms with van der Waals surface area (Å²) in [5.41, 5.74) is 13.6. The molecule has 354 valence electrons. The number of ether oxygens (including phenoxy) is 14. The molecule has 0 bridgehead atoms. The minimum absolute atomic E-state index is 0.0194. The fourth-order valence-electron chi connectivity index (χ4n) is 9.26. The summed E-state index contributed by atoms with van der Waals surface area (Å²) in [6.07, 6.45) is -12.5. The lowest BCUT2D eigenvalue weighted by molar-refractivity contribution is -0.374. The largest absolute Gasteiger partial charge is 0.465 e. The summed E-state index contributed by atoms with van der Waals surface area (Å²) in [6, 6.07) is 15.5. The minimum Gasteiger partial charge on any atom is -0.465 e. The van der Waals surface area contributed by atoms with Gasteiger partial charge in [0, 0.05) is 74.1 Å². The molecule has 15 atom stereocenters. The first kappa shape index (κ1) is 49.6. The first-order valence-corrected chi connectivity index (χ1v) is 21.2. The number of nitrogens with zero attached hydrogens (tertiary/aromatic N) is 3. The second-order valence-electron chi connectivity index (χ2n) is 15.8. The second-order valence-corrected chi connectivity index (χ2v) is 15.8. The molecule has 1 amide bonds. The number of hydrogen-bond donors (Lipinski definition) is 1. The molecule has 3 aliphatic heterocycles. The summed E-state index contributed by atoms with van der Waals surface area (Å²) >= 11 is 0. The molecule has 0 saturated carbocycles. The van der Waals surface area contributed by atoms with Gasteiger partial charge in [0.05, 0.1) is 37.9 Å². The van der Waals surface area contributed by atoms with Crippen LogP contribution < -0.4 is 5.32 Å². The van der Waals surface area contributed by atoms with Crippen molar-refractivity contribution >= 4 is 11.9 Å². The number of rotatable bonds is 21. The van der Waals surface area contributed by atoms with Crippen LogP contribution in [0.2, 0.25) is 0 Å². The molecule has 3 heterocycles. The van der Waals surface area contributed by atoms with Crippen LogP contribution in [0.1, 0.15) is 36.8 Å². The van der Waals surface area contributed by atoms with Crippen molar-refractivity contribution in [3.05, 3.63) is 70.1 Å². The molecule has 20 heteroatoms. The highest BCUT2D eigenvalue weighted by atomic mass is 16.8. The standard InChI is InChI=1S/C44H62N4O16/c1-23-33(47-48-45)36(53-4)40(57-8)43(60-23)63-35-30(22-52-3)62-44(41(58-9)38(35)55-6)64-34-29(21-51-2)61-42(39(56-7)37(34)54-5)46-31(49)18-19-32(50)59-20-28-26-16-12-10-14-24(26)25-15-11-13-17-27(25)28/h10-17,23,28-30,33-44H,18-22H2,1-9H3,(H,46,49)/t23?,29?,30?,33-,34?,35?,36?,37?,38?,39?,40?,41?,42?,43?,44?/m1/s1. The zero-order valence-electron chi connectivity index (χ0n) is 37.8. The Balaban J connectivity index is 1.11. The quantitative estimate of drug-likeness (QED) is 0.0822. The molecule has 2 aromatic rings. The van der Waals surface area contributed by atoms with Crippen LogP contribution in [0.25, 0.3) is 21.6 Å². The molecule has 64 heavy (non-hydrogen) atoms. The van der Waals surface area contributed by atoms with Crippen molar-refractivity contribution in [2.75, 3.05) is 76.7 Å². The van der Waals surface area contributed by atoms with E-state index in [9.17, 15) is 15.1 Å². The van der Waals surface area contributed by atoms with Crippen molar-refractivity contribution in [2.45, 2.75) is 118 Å². The van der Waals surface area contributed by atoms with E-state index in [4.69, 9.17) is 66.3 Å². The maximum Gasteiger partial charge on any atom is 0.306 e. The number of amides is 1. The van der Waals surface area contributed by atoms with Crippen LogP contribution in [0.5, 0.6) is 0 Å². The molecule has 14 unspecified atom stereocenters. The molecular formula is C44H62N4O16. The number of carbonyl (C=O) groups excluding carboxylic acids is 2. The fourth-order valence-corrected chi connectivity index (χ4v) is 9.26. The Morgan fingerprint density at radius 2 is 1.12 bits per heavy atom. The van der Waals surface area contributed by atoms with E-state index in [0.29, 0.717) is 0 Å². The molecule has 0 aromatic heterocycles. The van der Waals surface area contributed by atoms with E-state index in [2.05, 4.69) is 27.5 Å². The van der Waals surface area contributed by atoms with Gasteiger partial charge in [-0.05, 0) is 34.7 Å². The summed E-state index contributed by atoms with van der Waals surface area (Å²) in [4.78, 5) is 29.4. The van der Waals surface area contributed by atoms with Crippen molar-refractivity contribution in [1.29, 1.82) is 0 Å². The molecule has 6 rings (SSSR count). The predicted octanol–water partition coefficient (Wildman–Crippen LogP) is 3.27. The molecule has 1 aliphatic carbocycles. The molecule has 1 N–H and O–H groups in total. The van der Waals surface area contributed by atoms with Crippen LogP contribution >= 0.6 is 0 Å². The van der Waals surface area contributed by atoms with Gasteiger partial charge in [0.2, 0.25) is 5.91 Å². The van der Waals surface area contributed by atoms with Crippen molar-refractivity contribution in [1.82, 2.24) is 5.32 Å². The summed E-state index contributed by atoms with van der Waals surface area (Å²) in [5, 5.41) is 6.74. The molecule has 4 aliphatic rings. The monoisotopic (exact) mass is 902 g/mol. The number of esters is 1. The highest BCUT2D eigenvalue weighted by Crippen LogP contribution is 2.44. The van der Waals surface area contributed by atoms with Crippen molar-refractivity contribution in [3.8, 4) is 11.1 Å². The maximum atomic E-state index is 13.4. The number of nitrogens with one attached hydrogen (secondary N) is 1. The Morgan fingerprint density at radius 3 is 1.66 bits per heavy atom. The zero-order valence-corrected chi connectivity index (χ0v) is 37.8. The first-order chi connectivity index (χ1) is 31.1. The van der Waals surface area contributed by atoms with E-state index >= 15 is 0 Å². The van der Waals surface area contributed by atoms with Gasteiger partial charge in [-0.15, -0.1) is 0 Å². The fraction of sp³-hybridized carbons (Fsp3) is 0.682. The van der Waals surface area contributed by atoms with E-state index in [1.807, 2.05) is 36.4 Å². The SMILES string of the molecule is COCC1OC(NC(=O)CCC(=O)OCC2c3ccccc3-c3ccccc32)C(OC)C(OC)C1OC1OC(COC)C(OC2OC(C)[C@@H](N=[N+]=[N-])C(OC)C2OC)C(OC)C1OC. The highest BCUT2D eigenvalue weighted by Gasteiger charge is 2.55. The van der Waals surface area contributed by atoms with Crippen molar-refractivity contribution < 1.29 is 75.9 Å². The van der Waals surface area contributed by atoms with E-state index < -0.39 is 104 Å². The van der Waals surface area contributed by atoms with Crippen LogP contribution in [0.4, 0.5) is 0 Å². The number of hydrogen-bond acceptors (Lipinski definition) is 17. The van der Waals surface area contributed by atoms with E-state index in [0.717, 1.165) is 22.3 Å². The van der Waals surface area contributed by atoms with Gasteiger partial charge >= 0.3 is 5.97 Å². The summed E-state index contributed by atoms with van der Waals surface area (Å²) in [7, 11) is 11.9. The average Bonchev–Trinajstić information content (AvgIpc) is 3.62. The van der Waals surface area contributed by atoms with Gasteiger partial charge in [-0.2, -0.15) is 0 Å². The van der Waals surface area contributed by atoms with Gasteiger partial charge in [-0.1, -0.05) is 53.6 Å². The normalized spacial score (nSPS) is 33.7. The number of fused-ring (bicyclic) bond motifs is 3. The van der Waals surface area contributed by atoms with Gasteiger partial charge in [0.15, 0.2) is 18.8 Å². The van der Waals surface area contributed by atoms with E-state index in [-0.39, 0.29) is 38.6 Å². The third-order valence-electron chi connectivity index (χ3n) is 12.3. The van der Waals surface area contributed by atoms with Crippen LogP contribution in [0.3, 0.4) is 0 Å². The molecule has 0 spiro atoms. The number of benzene rings is 2. The number of methoxy groups -OCH3 is 8. The maximum absolute atomic E-state index is 13.4. The van der Waals surface area contributed by atoms with Crippen molar-refractivity contribution in [2.24, 2.45) is 5.11 Å². The lowest BCUT2D eigenvalue weighted by atomic mass is 9.95. The third-order valence-corrected chi connectivity index (χ3v) is 12.3. The Morgan fingerprint density at radius 1 is 0.625 bits per heavy atom. The smallest absolute Gasteiger partial charge is 0.306 e.